The third-order valence-corrected chi connectivity index (χ3v) is 5.73. The molecule has 1 aliphatic carbocycles. The Morgan fingerprint density at radius 1 is 1.29 bits per heavy atom. The first kappa shape index (κ1) is 17.1. The summed E-state index contributed by atoms with van der Waals surface area (Å²) in [4.78, 5) is 19.5. The smallest absolute Gasteiger partial charge is 0.275 e. The van der Waals surface area contributed by atoms with E-state index in [-0.39, 0.29) is 17.8 Å². The number of carbonyl (C=O) groups is 1. The SMILES string of the molecule is Cc1ccc(F)c(-n2nc(C(=O)N3CCC[C@@H]3c3ncn[nH]3)c3c2CCC3)c1. The Morgan fingerprint density at radius 3 is 3.00 bits per heavy atom. The van der Waals surface area contributed by atoms with E-state index in [1.165, 1.54) is 12.4 Å². The van der Waals surface area contributed by atoms with Crippen LogP contribution in [0.15, 0.2) is 24.5 Å². The molecule has 28 heavy (non-hydrogen) atoms. The maximum atomic E-state index is 14.5. The molecule has 1 amide bonds. The highest BCUT2D eigenvalue weighted by Gasteiger charge is 2.36. The van der Waals surface area contributed by atoms with Gasteiger partial charge in [-0.15, -0.1) is 0 Å². The van der Waals surface area contributed by atoms with Gasteiger partial charge in [-0.2, -0.15) is 10.2 Å². The molecule has 0 spiro atoms. The lowest BCUT2D eigenvalue weighted by Crippen LogP contribution is -2.32. The van der Waals surface area contributed by atoms with Crippen molar-refractivity contribution in [1.82, 2.24) is 29.9 Å². The number of rotatable bonds is 3. The fourth-order valence-electron chi connectivity index (χ4n) is 4.40. The number of halogens is 1. The molecule has 0 saturated carbocycles. The molecular weight excluding hydrogens is 359 g/mol. The first-order valence-corrected chi connectivity index (χ1v) is 9.67. The molecule has 0 bridgehead atoms. The lowest BCUT2D eigenvalue weighted by Gasteiger charge is -2.22. The molecule has 2 aliphatic rings. The van der Waals surface area contributed by atoms with E-state index in [1.807, 2.05) is 11.8 Å². The molecule has 3 aromatic rings. The zero-order valence-electron chi connectivity index (χ0n) is 15.7. The standard InChI is InChI=1S/C20H21FN6O/c1-12-7-8-14(21)17(10-12)27-15-5-2-4-13(15)18(25-27)20(28)26-9-3-6-16(26)19-22-11-23-24-19/h7-8,10-11,16H,2-6,9H2,1H3,(H,22,23,24)/t16-/m1/s1. The van der Waals surface area contributed by atoms with Crippen LogP contribution in [0.4, 0.5) is 4.39 Å². The van der Waals surface area contributed by atoms with Crippen LogP contribution in [0.25, 0.3) is 5.69 Å². The number of nitrogens with one attached hydrogen (secondary N) is 1. The average molecular weight is 380 g/mol. The first-order valence-electron chi connectivity index (χ1n) is 9.67. The average Bonchev–Trinajstić information content (AvgIpc) is 3.45. The van der Waals surface area contributed by atoms with Crippen LogP contribution in [-0.4, -0.2) is 42.3 Å². The second kappa shape index (κ2) is 6.54. The van der Waals surface area contributed by atoms with Crippen LogP contribution >= 0.6 is 0 Å². The lowest BCUT2D eigenvalue weighted by molar-refractivity contribution is 0.0722. The summed E-state index contributed by atoms with van der Waals surface area (Å²) < 4.78 is 16.1. The normalized spacial score (nSPS) is 18.6. The minimum atomic E-state index is -0.331. The van der Waals surface area contributed by atoms with Crippen LogP contribution in [0.2, 0.25) is 0 Å². The Kier molecular flexibility index (Phi) is 3.99. The summed E-state index contributed by atoms with van der Waals surface area (Å²) in [6, 6.07) is 4.85. The second-order valence-electron chi connectivity index (χ2n) is 7.52. The highest BCUT2D eigenvalue weighted by atomic mass is 19.1. The second-order valence-corrected chi connectivity index (χ2v) is 7.52. The van der Waals surface area contributed by atoms with E-state index in [0.29, 0.717) is 23.8 Å². The molecule has 8 heteroatoms. The number of carbonyl (C=O) groups excluding carboxylic acids is 1. The van der Waals surface area contributed by atoms with Crippen molar-refractivity contribution in [2.24, 2.45) is 0 Å². The summed E-state index contributed by atoms with van der Waals surface area (Å²) >= 11 is 0. The number of likely N-dealkylation sites (tertiary alicyclic amines) is 1. The quantitative estimate of drug-likeness (QED) is 0.758. The Bertz CT molecular complexity index is 1040. The molecule has 0 unspecified atom stereocenters. The molecule has 1 saturated heterocycles. The minimum absolute atomic E-state index is 0.108. The number of H-pyrrole nitrogens is 1. The number of aryl methyl sites for hydroxylation is 1. The Labute approximate surface area is 161 Å². The summed E-state index contributed by atoms with van der Waals surface area (Å²) in [5, 5.41) is 11.4. The van der Waals surface area contributed by atoms with Gasteiger partial charge >= 0.3 is 0 Å². The molecule has 144 valence electrons. The number of aromatic amines is 1. The summed E-state index contributed by atoms with van der Waals surface area (Å²) in [5.41, 5.74) is 3.71. The van der Waals surface area contributed by atoms with Crippen LogP contribution in [0.3, 0.4) is 0 Å². The van der Waals surface area contributed by atoms with E-state index in [9.17, 15) is 9.18 Å². The van der Waals surface area contributed by atoms with Crippen molar-refractivity contribution in [3.63, 3.8) is 0 Å². The molecule has 1 aliphatic heterocycles. The maximum Gasteiger partial charge on any atom is 0.275 e. The fourth-order valence-corrected chi connectivity index (χ4v) is 4.40. The van der Waals surface area contributed by atoms with Crippen LogP contribution < -0.4 is 0 Å². The van der Waals surface area contributed by atoms with E-state index in [0.717, 1.165) is 48.9 Å². The van der Waals surface area contributed by atoms with E-state index in [1.54, 1.807) is 16.8 Å². The minimum Gasteiger partial charge on any atom is -0.327 e. The molecule has 2 aromatic heterocycles. The third kappa shape index (κ3) is 2.63. The Morgan fingerprint density at radius 2 is 2.18 bits per heavy atom. The summed E-state index contributed by atoms with van der Waals surface area (Å²) in [5.74, 6) is 0.262. The zero-order chi connectivity index (χ0) is 19.3. The monoisotopic (exact) mass is 380 g/mol. The van der Waals surface area contributed by atoms with Gasteiger partial charge in [0.15, 0.2) is 5.69 Å². The van der Waals surface area contributed by atoms with E-state index in [2.05, 4.69) is 20.3 Å². The predicted molar refractivity (Wildman–Crippen MR) is 99.7 cm³/mol. The third-order valence-electron chi connectivity index (χ3n) is 5.73. The molecule has 7 nitrogen and oxygen atoms in total. The number of hydrogen-bond donors (Lipinski definition) is 1. The molecule has 0 radical (unpaired) electrons. The first-order chi connectivity index (χ1) is 13.6. The van der Waals surface area contributed by atoms with Gasteiger partial charge in [0.25, 0.3) is 5.91 Å². The van der Waals surface area contributed by atoms with Gasteiger partial charge in [0.2, 0.25) is 0 Å². The van der Waals surface area contributed by atoms with Crippen LogP contribution in [-0.2, 0) is 12.8 Å². The lowest BCUT2D eigenvalue weighted by atomic mass is 10.1. The van der Waals surface area contributed by atoms with Gasteiger partial charge in [-0.25, -0.2) is 14.1 Å². The van der Waals surface area contributed by atoms with Gasteiger partial charge in [-0.1, -0.05) is 6.07 Å². The Hall–Kier alpha value is -3.03. The van der Waals surface area contributed by atoms with Crippen molar-refractivity contribution in [3.05, 3.63) is 58.7 Å². The summed E-state index contributed by atoms with van der Waals surface area (Å²) in [6.07, 6.45) is 5.76. The molecule has 5 rings (SSSR count). The largest absolute Gasteiger partial charge is 0.327 e. The number of fused-ring (bicyclic) bond motifs is 1. The molecule has 1 aromatic carbocycles. The highest BCUT2D eigenvalue weighted by molar-refractivity contribution is 5.94. The summed E-state index contributed by atoms with van der Waals surface area (Å²) in [7, 11) is 0. The number of amides is 1. The predicted octanol–water partition coefficient (Wildman–Crippen LogP) is 2.90. The van der Waals surface area contributed by atoms with Gasteiger partial charge in [-0.05, 0) is 56.7 Å². The van der Waals surface area contributed by atoms with Crippen LogP contribution in [0, 0.1) is 12.7 Å². The van der Waals surface area contributed by atoms with Gasteiger partial charge in [0.1, 0.15) is 23.7 Å². The summed E-state index contributed by atoms with van der Waals surface area (Å²) in [6.45, 7) is 2.58. The number of nitrogens with zero attached hydrogens (tertiary/aromatic N) is 5. The van der Waals surface area contributed by atoms with E-state index >= 15 is 0 Å². The molecule has 1 fully saturated rings. The van der Waals surface area contributed by atoms with Crippen molar-refractivity contribution < 1.29 is 9.18 Å². The Balaban J connectivity index is 1.56. The molecule has 1 N–H and O–H groups in total. The number of benzene rings is 1. The zero-order valence-corrected chi connectivity index (χ0v) is 15.7. The molecule has 1 atom stereocenters. The fraction of sp³-hybridized carbons (Fsp3) is 0.400. The van der Waals surface area contributed by atoms with Crippen molar-refractivity contribution >= 4 is 5.91 Å². The molecule has 3 heterocycles. The molecular formula is C20H21FN6O. The highest BCUT2D eigenvalue weighted by Crippen LogP contribution is 2.34. The maximum absolute atomic E-state index is 14.5. The van der Waals surface area contributed by atoms with Gasteiger partial charge in [0, 0.05) is 17.8 Å². The topological polar surface area (TPSA) is 79.7 Å². The van der Waals surface area contributed by atoms with Gasteiger partial charge < -0.3 is 4.90 Å². The van der Waals surface area contributed by atoms with Crippen molar-refractivity contribution in [1.29, 1.82) is 0 Å². The van der Waals surface area contributed by atoms with Crippen LogP contribution in [0.5, 0.6) is 0 Å². The van der Waals surface area contributed by atoms with E-state index in [4.69, 9.17) is 0 Å². The van der Waals surface area contributed by atoms with E-state index < -0.39 is 0 Å². The van der Waals surface area contributed by atoms with Gasteiger partial charge in [-0.3, -0.25) is 9.89 Å². The van der Waals surface area contributed by atoms with Crippen molar-refractivity contribution in [2.45, 2.75) is 45.1 Å². The number of aromatic nitrogens is 5. The number of hydrogen-bond acceptors (Lipinski definition) is 4. The van der Waals surface area contributed by atoms with Crippen LogP contribution in [0.1, 0.15) is 58.4 Å². The van der Waals surface area contributed by atoms with Gasteiger partial charge in [0.05, 0.1) is 6.04 Å². The van der Waals surface area contributed by atoms with Crippen molar-refractivity contribution in [3.8, 4) is 5.69 Å². The van der Waals surface area contributed by atoms with Crippen molar-refractivity contribution in [2.75, 3.05) is 6.54 Å².